The fraction of sp³-hybridized carbons (Fsp3) is 0.538. The molecule has 2 atom stereocenters. The molecule has 0 aromatic heterocycles. The Hall–Kier alpha value is -0.610. The first-order valence-corrected chi connectivity index (χ1v) is 6.87. The van der Waals surface area contributed by atoms with Crippen molar-refractivity contribution in [1.29, 1.82) is 0 Å². The number of benzene rings is 1. The van der Waals surface area contributed by atoms with Gasteiger partial charge in [-0.1, -0.05) is 12.8 Å². The molecule has 1 aromatic rings. The van der Waals surface area contributed by atoms with E-state index in [-0.39, 0.29) is 0 Å². The molecule has 17 heavy (non-hydrogen) atoms. The highest BCUT2D eigenvalue weighted by molar-refractivity contribution is 8.00. The van der Waals surface area contributed by atoms with Gasteiger partial charge in [0.05, 0.1) is 0 Å². The largest absolute Gasteiger partial charge is 0.316 e. The van der Waals surface area contributed by atoms with Crippen molar-refractivity contribution < 1.29 is 8.78 Å². The third kappa shape index (κ3) is 3.19. The highest BCUT2D eigenvalue weighted by Crippen LogP contribution is 2.34. The fourth-order valence-electron chi connectivity index (χ4n) is 2.29. The predicted molar refractivity (Wildman–Crippen MR) is 67.3 cm³/mol. The molecule has 0 spiro atoms. The average Bonchev–Trinajstić information content (AvgIpc) is 2.34. The lowest BCUT2D eigenvalue weighted by molar-refractivity contribution is 0.405. The summed E-state index contributed by atoms with van der Waals surface area (Å²) in [5, 5.41) is 3.77. The van der Waals surface area contributed by atoms with Gasteiger partial charge in [0.2, 0.25) is 0 Å². The maximum Gasteiger partial charge on any atom is 0.159 e. The summed E-state index contributed by atoms with van der Waals surface area (Å²) in [6, 6.07) is 4.63. The van der Waals surface area contributed by atoms with Gasteiger partial charge in [0.1, 0.15) is 0 Å². The molecule has 1 aromatic carbocycles. The zero-order valence-electron chi connectivity index (χ0n) is 9.88. The van der Waals surface area contributed by atoms with Crippen LogP contribution in [-0.4, -0.2) is 18.3 Å². The van der Waals surface area contributed by atoms with Crippen LogP contribution in [0.25, 0.3) is 0 Å². The molecule has 1 nitrogen and oxygen atoms in total. The summed E-state index contributed by atoms with van der Waals surface area (Å²) in [6.45, 7) is 0. The van der Waals surface area contributed by atoms with E-state index in [0.29, 0.717) is 11.3 Å². The summed E-state index contributed by atoms with van der Waals surface area (Å²) in [4.78, 5) is 0.816. The molecule has 0 saturated heterocycles. The topological polar surface area (TPSA) is 12.0 Å². The Morgan fingerprint density at radius 3 is 2.65 bits per heavy atom. The van der Waals surface area contributed by atoms with E-state index in [2.05, 4.69) is 5.32 Å². The van der Waals surface area contributed by atoms with Crippen molar-refractivity contribution in [2.45, 2.75) is 41.9 Å². The fourth-order valence-corrected chi connectivity index (χ4v) is 3.68. The molecule has 1 saturated carbocycles. The Bertz CT molecular complexity index is 384. The quantitative estimate of drug-likeness (QED) is 0.888. The molecule has 0 aliphatic heterocycles. The van der Waals surface area contributed by atoms with Crippen molar-refractivity contribution in [1.82, 2.24) is 5.32 Å². The first-order valence-electron chi connectivity index (χ1n) is 5.99. The second-order valence-corrected chi connectivity index (χ2v) is 5.72. The molecule has 0 radical (unpaired) electrons. The number of halogens is 2. The van der Waals surface area contributed by atoms with Crippen molar-refractivity contribution >= 4 is 11.8 Å². The molecule has 1 aliphatic rings. The van der Waals surface area contributed by atoms with E-state index in [1.807, 2.05) is 7.05 Å². The minimum atomic E-state index is -0.775. The molecular weight excluding hydrogens is 240 g/mol. The van der Waals surface area contributed by atoms with E-state index in [4.69, 9.17) is 0 Å². The van der Waals surface area contributed by atoms with Crippen LogP contribution in [0.4, 0.5) is 8.78 Å². The molecule has 0 heterocycles. The summed E-state index contributed by atoms with van der Waals surface area (Å²) in [6.07, 6.45) is 4.77. The molecule has 1 N–H and O–H groups in total. The highest BCUT2D eigenvalue weighted by Gasteiger charge is 2.24. The van der Waals surface area contributed by atoms with Crippen molar-refractivity contribution in [2.24, 2.45) is 0 Å². The summed E-state index contributed by atoms with van der Waals surface area (Å²) in [5.74, 6) is -1.53. The monoisotopic (exact) mass is 257 g/mol. The SMILES string of the molecule is CNC1CCCCC1Sc1ccc(F)c(F)c1. The lowest BCUT2D eigenvalue weighted by atomic mass is 9.95. The van der Waals surface area contributed by atoms with Gasteiger partial charge in [0, 0.05) is 16.2 Å². The van der Waals surface area contributed by atoms with Crippen LogP contribution in [0.2, 0.25) is 0 Å². The zero-order valence-corrected chi connectivity index (χ0v) is 10.7. The molecule has 0 amide bonds. The lowest BCUT2D eigenvalue weighted by Gasteiger charge is -2.30. The second kappa shape index (κ2) is 5.83. The van der Waals surface area contributed by atoms with E-state index in [0.717, 1.165) is 17.7 Å². The van der Waals surface area contributed by atoms with Crippen molar-refractivity contribution in [3.8, 4) is 0 Å². The zero-order chi connectivity index (χ0) is 12.3. The maximum atomic E-state index is 13.1. The van der Waals surface area contributed by atoms with Crippen LogP contribution in [0.5, 0.6) is 0 Å². The van der Waals surface area contributed by atoms with Gasteiger partial charge < -0.3 is 5.32 Å². The van der Waals surface area contributed by atoms with Gasteiger partial charge >= 0.3 is 0 Å². The van der Waals surface area contributed by atoms with Crippen LogP contribution in [0.3, 0.4) is 0 Å². The number of hydrogen-bond donors (Lipinski definition) is 1. The normalized spacial score (nSPS) is 24.9. The first kappa shape index (κ1) is 12.8. The minimum absolute atomic E-state index is 0.457. The Labute approximate surface area is 105 Å². The first-order chi connectivity index (χ1) is 8.20. The molecule has 0 bridgehead atoms. The molecule has 1 fully saturated rings. The third-order valence-corrected chi connectivity index (χ3v) is 4.64. The van der Waals surface area contributed by atoms with Crippen LogP contribution in [0.15, 0.2) is 23.1 Å². The van der Waals surface area contributed by atoms with Gasteiger partial charge in [-0.25, -0.2) is 8.78 Å². The average molecular weight is 257 g/mol. The molecule has 1 aliphatic carbocycles. The summed E-state index contributed by atoms with van der Waals surface area (Å²) >= 11 is 1.65. The van der Waals surface area contributed by atoms with Crippen LogP contribution in [-0.2, 0) is 0 Å². The van der Waals surface area contributed by atoms with E-state index < -0.39 is 11.6 Å². The Morgan fingerprint density at radius 1 is 1.18 bits per heavy atom. The lowest BCUT2D eigenvalue weighted by Crippen LogP contribution is -2.38. The molecule has 94 valence electrons. The van der Waals surface area contributed by atoms with E-state index in [9.17, 15) is 8.78 Å². The predicted octanol–water partition coefficient (Wildman–Crippen LogP) is 3.59. The van der Waals surface area contributed by atoms with Crippen LogP contribution in [0, 0.1) is 11.6 Å². The van der Waals surface area contributed by atoms with Crippen LogP contribution < -0.4 is 5.32 Å². The third-order valence-electron chi connectivity index (χ3n) is 3.25. The van der Waals surface area contributed by atoms with Crippen molar-refractivity contribution in [2.75, 3.05) is 7.05 Å². The van der Waals surface area contributed by atoms with Gasteiger partial charge in [0.15, 0.2) is 11.6 Å². The Morgan fingerprint density at radius 2 is 1.94 bits per heavy atom. The smallest absolute Gasteiger partial charge is 0.159 e. The molecule has 2 rings (SSSR count). The molecule has 2 unspecified atom stereocenters. The maximum absolute atomic E-state index is 13.1. The van der Waals surface area contributed by atoms with Crippen LogP contribution in [0.1, 0.15) is 25.7 Å². The second-order valence-electron chi connectivity index (χ2n) is 4.41. The number of hydrogen-bond acceptors (Lipinski definition) is 2. The van der Waals surface area contributed by atoms with Gasteiger partial charge in [0.25, 0.3) is 0 Å². The van der Waals surface area contributed by atoms with E-state index in [1.165, 1.54) is 25.0 Å². The van der Waals surface area contributed by atoms with Crippen LogP contribution >= 0.6 is 11.8 Å². The summed E-state index contributed by atoms with van der Waals surface area (Å²) < 4.78 is 25.9. The van der Waals surface area contributed by atoms with Gasteiger partial charge in [-0.2, -0.15) is 0 Å². The van der Waals surface area contributed by atoms with Gasteiger partial charge in [-0.15, -0.1) is 11.8 Å². The van der Waals surface area contributed by atoms with Gasteiger partial charge in [-0.3, -0.25) is 0 Å². The van der Waals surface area contributed by atoms with Gasteiger partial charge in [-0.05, 0) is 38.1 Å². The molecule has 4 heteroatoms. The highest BCUT2D eigenvalue weighted by atomic mass is 32.2. The number of rotatable bonds is 3. The Balaban J connectivity index is 2.05. The molecular formula is C13H17F2NS. The Kier molecular flexibility index (Phi) is 4.40. The summed E-state index contributed by atoms with van der Waals surface area (Å²) in [5.41, 5.74) is 0. The number of thioether (sulfide) groups is 1. The van der Waals surface area contributed by atoms with E-state index in [1.54, 1.807) is 17.8 Å². The number of nitrogens with one attached hydrogen (secondary N) is 1. The standard InChI is InChI=1S/C13H17F2NS/c1-16-12-4-2-3-5-13(12)17-9-6-7-10(14)11(15)8-9/h6-8,12-13,16H,2-5H2,1H3. The van der Waals surface area contributed by atoms with Crippen molar-refractivity contribution in [3.63, 3.8) is 0 Å². The summed E-state index contributed by atoms with van der Waals surface area (Å²) in [7, 11) is 1.97. The van der Waals surface area contributed by atoms with Crippen molar-refractivity contribution in [3.05, 3.63) is 29.8 Å². The minimum Gasteiger partial charge on any atom is -0.316 e. The van der Waals surface area contributed by atoms with E-state index >= 15 is 0 Å².